The number of unbranched alkanes of at least 4 members (excludes halogenated alkanes) is 1. The van der Waals surface area contributed by atoms with E-state index in [4.69, 9.17) is 17.0 Å². The van der Waals surface area contributed by atoms with Crippen LogP contribution in [-0.2, 0) is 9.53 Å². The molecule has 3 rings (SSSR count). The Morgan fingerprint density at radius 3 is 2.55 bits per heavy atom. The van der Waals surface area contributed by atoms with Crippen LogP contribution in [0.15, 0.2) is 47.4 Å². The molecule has 2 aromatic carbocycles. The lowest BCUT2D eigenvalue weighted by Crippen LogP contribution is -2.27. The second-order valence-corrected chi connectivity index (χ2v) is 7.98. The number of esters is 1. The predicted octanol–water partition coefficient (Wildman–Crippen LogP) is 4.46. The van der Waals surface area contributed by atoms with Crippen molar-refractivity contribution in [2.24, 2.45) is 0 Å². The van der Waals surface area contributed by atoms with Crippen molar-refractivity contribution in [2.75, 3.05) is 11.5 Å². The van der Waals surface area contributed by atoms with E-state index in [1.54, 1.807) is 36.4 Å². The van der Waals surface area contributed by atoms with Crippen LogP contribution in [0.3, 0.4) is 0 Å². The Bertz CT molecular complexity index is 985. The molecular weight excluding hydrogens is 410 g/mol. The van der Waals surface area contributed by atoms with Crippen LogP contribution in [0.1, 0.15) is 35.7 Å². The van der Waals surface area contributed by atoms with E-state index in [-0.39, 0.29) is 17.4 Å². The summed E-state index contributed by atoms with van der Waals surface area (Å²) in [6.07, 6.45) is 3.35. The van der Waals surface area contributed by atoms with Crippen molar-refractivity contribution >= 4 is 51.9 Å². The molecular formula is C21H19NO5S2. The molecule has 1 amide bonds. The van der Waals surface area contributed by atoms with E-state index in [1.165, 1.54) is 17.0 Å². The highest BCUT2D eigenvalue weighted by Gasteiger charge is 2.33. The summed E-state index contributed by atoms with van der Waals surface area (Å²) in [4.78, 5) is 26.6. The van der Waals surface area contributed by atoms with Gasteiger partial charge >= 0.3 is 5.97 Å². The van der Waals surface area contributed by atoms with Gasteiger partial charge in [-0.25, -0.2) is 4.79 Å². The van der Waals surface area contributed by atoms with E-state index in [2.05, 4.69) is 0 Å². The Kier molecular flexibility index (Phi) is 6.56. The Morgan fingerprint density at radius 1 is 1.17 bits per heavy atom. The number of carbonyl (C=O) groups is 2. The van der Waals surface area contributed by atoms with Crippen LogP contribution in [0.25, 0.3) is 6.08 Å². The molecule has 1 aliphatic rings. The van der Waals surface area contributed by atoms with Crippen LogP contribution in [-0.4, -0.2) is 33.0 Å². The van der Waals surface area contributed by atoms with Crippen LogP contribution in [0, 0.1) is 0 Å². The molecule has 1 fully saturated rings. The number of hydrogen-bond acceptors (Lipinski definition) is 7. The molecule has 0 bridgehead atoms. The third kappa shape index (κ3) is 4.78. The van der Waals surface area contributed by atoms with Gasteiger partial charge < -0.3 is 14.9 Å². The zero-order chi connectivity index (χ0) is 21.0. The molecule has 0 aromatic heterocycles. The Labute approximate surface area is 177 Å². The number of thiocarbonyl (C=S) groups is 1. The molecule has 0 aliphatic carbocycles. The molecule has 1 heterocycles. The zero-order valence-electron chi connectivity index (χ0n) is 15.6. The number of hydrogen-bond donors (Lipinski definition) is 2. The molecule has 2 aromatic rings. The first-order valence-corrected chi connectivity index (χ1v) is 10.2. The third-order valence-corrected chi connectivity index (χ3v) is 5.49. The van der Waals surface area contributed by atoms with Gasteiger partial charge in [0.2, 0.25) is 0 Å². The monoisotopic (exact) mass is 429 g/mol. The van der Waals surface area contributed by atoms with E-state index < -0.39 is 5.97 Å². The fourth-order valence-electron chi connectivity index (χ4n) is 2.61. The first kappa shape index (κ1) is 20.9. The number of benzene rings is 2. The molecule has 150 valence electrons. The molecule has 29 heavy (non-hydrogen) atoms. The second kappa shape index (κ2) is 9.11. The number of nitrogens with zero attached hydrogens (tertiary/aromatic N) is 1. The van der Waals surface area contributed by atoms with Gasteiger partial charge in [0, 0.05) is 0 Å². The summed E-state index contributed by atoms with van der Waals surface area (Å²) >= 11 is 6.48. The highest BCUT2D eigenvalue weighted by atomic mass is 32.2. The van der Waals surface area contributed by atoms with Crippen molar-refractivity contribution in [1.82, 2.24) is 0 Å². The van der Waals surface area contributed by atoms with Gasteiger partial charge in [-0.05, 0) is 54.5 Å². The van der Waals surface area contributed by atoms with E-state index in [0.717, 1.165) is 24.6 Å². The predicted molar refractivity (Wildman–Crippen MR) is 117 cm³/mol. The quantitative estimate of drug-likeness (QED) is 0.230. The lowest BCUT2D eigenvalue weighted by Gasteiger charge is -2.14. The van der Waals surface area contributed by atoms with Crippen LogP contribution in [0.2, 0.25) is 0 Å². The van der Waals surface area contributed by atoms with Crippen molar-refractivity contribution in [3.05, 3.63) is 58.5 Å². The standard InChI is InChI=1S/C21H19NO5S2/c1-2-3-10-27-20(26)14-5-7-15(8-6-14)22-19(25)18(29-21(22)28)12-13-4-9-16(23)17(24)11-13/h4-9,11-12,23-24H,2-3,10H2,1H3/b18-12-. The Balaban J connectivity index is 1.76. The molecule has 2 N–H and O–H groups in total. The molecule has 1 saturated heterocycles. The first-order chi connectivity index (χ1) is 13.9. The molecule has 8 heteroatoms. The number of carbonyl (C=O) groups excluding carboxylic acids is 2. The van der Waals surface area contributed by atoms with E-state index >= 15 is 0 Å². The fourth-order valence-corrected chi connectivity index (χ4v) is 3.91. The lowest BCUT2D eigenvalue weighted by molar-refractivity contribution is -0.113. The second-order valence-electron chi connectivity index (χ2n) is 6.30. The Morgan fingerprint density at radius 2 is 1.90 bits per heavy atom. The highest BCUT2D eigenvalue weighted by Crippen LogP contribution is 2.37. The van der Waals surface area contributed by atoms with Crippen molar-refractivity contribution < 1.29 is 24.5 Å². The molecule has 6 nitrogen and oxygen atoms in total. The number of anilines is 1. The third-order valence-electron chi connectivity index (χ3n) is 4.18. The van der Waals surface area contributed by atoms with Gasteiger partial charge in [-0.15, -0.1) is 0 Å². The maximum absolute atomic E-state index is 12.8. The summed E-state index contributed by atoms with van der Waals surface area (Å²) in [7, 11) is 0. The van der Waals surface area contributed by atoms with Gasteiger partial charge in [0.05, 0.1) is 22.8 Å². The molecule has 1 aliphatic heterocycles. The van der Waals surface area contributed by atoms with Crippen molar-refractivity contribution in [3.63, 3.8) is 0 Å². The molecule has 0 unspecified atom stereocenters. The van der Waals surface area contributed by atoms with E-state index in [0.29, 0.717) is 32.6 Å². The normalized spacial score (nSPS) is 15.2. The summed E-state index contributed by atoms with van der Waals surface area (Å²) in [6, 6.07) is 10.8. The Hall–Kier alpha value is -2.84. The van der Waals surface area contributed by atoms with E-state index in [1.807, 2.05) is 6.92 Å². The van der Waals surface area contributed by atoms with Gasteiger partial charge in [0.1, 0.15) is 0 Å². The van der Waals surface area contributed by atoms with Crippen molar-refractivity contribution in [3.8, 4) is 11.5 Å². The van der Waals surface area contributed by atoms with Gasteiger partial charge in [-0.3, -0.25) is 9.69 Å². The maximum atomic E-state index is 12.8. The SMILES string of the molecule is CCCCOC(=O)c1ccc(N2C(=O)/C(=C/c3ccc(O)c(O)c3)SC2=S)cc1. The minimum atomic E-state index is -0.401. The average Bonchev–Trinajstić information content (AvgIpc) is 2.98. The number of phenols is 2. The van der Waals surface area contributed by atoms with Crippen molar-refractivity contribution in [2.45, 2.75) is 19.8 Å². The smallest absolute Gasteiger partial charge is 0.338 e. The van der Waals surface area contributed by atoms with Gasteiger partial charge in [0.25, 0.3) is 5.91 Å². The number of ether oxygens (including phenoxy) is 1. The molecule has 0 radical (unpaired) electrons. The van der Waals surface area contributed by atoms with Crippen LogP contribution in [0.4, 0.5) is 5.69 Å². The maximum Gasteiger partial charge on any atom is 0.338 e. The molecule has 0 atom stereocenters. The van der Waals surface area contributed by atoms with Crippen LogP contribution >= 0.6 is 24.0 Å². The first-order valence-electron chi connectivity index (χ1n) is 8.98. The average molecular weight is 430 g/mol. The lowest BCUT2D eigenvalue weighted by atomic mass is 10.1. The number of amides is 1. The summed E-state index contributed by atoms with van der Waals surface area (Å²) in [6.45, 7) is 2.40. The van der Waals surface area contributed by atoms with Crippen molar-refractivity contribution in [1.29, 1.82) is 0 Å². The summed E-state index contributed by atoms with van der Waals surface area (Å²) < 4.78 is 5.54. The minimum Gasteiger partial charge on any atom is -0.504 e. The van der Waals surface area contributed by atoms with Gasteiger partial charge in [0.15, 0.2) is 15.8 Å². The highest BCUT2D eigenvalue weighted by molar-refractivity contribution is 8.27. The molecule has 0 saturated carbocycles. The number of thioether (sulfide) groups is 1. The topological polar surface area (TPSA) is 87.1 Å². The zero-order valence-corrected chi connectivity index (χ0v) is 17.3. The number of aromatic hydroxyl groups is 2. The summed E-state index contributed by atoms with van der Waals surface area (Å²) in [5, 5.41) is 19.0. The number of phenolic OH excluding ortho intramolecular Hbond substituents is 2. The summed E-state index contributed by atoms with van der Waals surface area (Å²) in [5.41, 5.74) is 1.52. The van der Waals surface area contributed by atoms with E-state index in [9.17, 15) is 19.8 Å². The molecule has 0 spiro atoms. The number of rotatable bonds is 6. The van der Waals surface area contributed by atoms with Gasteiger partial charge in [-0.1, -0.05) is 43.4 Å². The largest absolute Gasteiger partial charge is 0.504 e. The minimum absolute atomic E-state index is 0.233. The van der Waals surface area contributed by atoms with Crippen LogP contribution in [0.5, 0.6) is 11.5 Å². The fraction of sp³-hybridized carbons (Fsp3) is 0.190. The summed E-state index contributed by atoms with van der Waals surface area (Å²) in [5.74, 6) is -1.20. The van der Waals surface area contributed by atoms with Gasteiger partial charge in [-0.2, -0.15) is 0 Å². The van der Waals surface area contributed by atoms with Crippen LogP contribution < -0.4 is 4.90 Å².